The van der Waals surface area contributed by atoms with Gasteiger partial charge in [-0.3, -0.25) is 9.59 Å². The maximum Gasteiger partial charge on any atom is 0.254 e. The van der Waals surface area contributed by atoms with E-state index in [0.29, 0.717) is 19.4 Å². The molecule has 0 heterocycles. The lowest BCUT2D eigenvalue weighted by Gasteiger charge is -2.19. The largest absolute Gasteiger partial charge is 0.507 e. The lowest BCUT2D eigenvalue weighted by molar-refractivity contribution is 0.0769. The summed E-state index contributed by atoms with van der Waals surface area (Å²) < 4.78 is 0. The number of amides is 1. The van der Waals surface area contributed by atoms with Crippen LogP contribution in [0.1, 0.15) is 34.6 Å². The maximum absolute atomic E-state index is 12.0. The molecule has 0 spiro atoms. The quantitative estimate of drug-likeness (QED) is 0.787. The monoisotopic (exact) mass is 221 g/mol. The molecule has 0 radical (unpaired) electrons. The van der Waals surface area contributed by atoms with Crippen molar-refractivity contribution in [2.24, 2.45) is 0 Å². The van der Waals surface area contributed by atoms with Crippen molar-refractivity contribution < 1.29 is 14.7 Å². The molecule has 86 valence electrons. The van der Waals surface area contributed by atoms with Crippen LogP contribution in [0.15, 0.2) is 18.2 Å². The van der Waals surface area contributed by atoms with E-state index in [1.807, 2.05) is 13.8 Å². The van der Waals surface area contributed by atoms with Gasteiger partial charge in [-0.2, -0.15) is 0 Å². The Hall–Kier alpha value is -1.84. The van der Waals surface area contributed by atoms with Crippen molar-refractivity contribution in [2.75, 3.05) is 13.1 Å². The highest BCUT2D eigenvalue weighted by molar-refractivity contribution is 6.02. The van der Waals surface area contributed by atoms with E-state index in [1.165, 1.54) is 6.07 Å². The van der Waals surface area contributed by atoms with E-state index in [9.17, 15) is 14.7 Å². The molecule has 0 saturated heterocycles. The zero-order valence-corrected chi connectivity index (χ0v) is 9.43. The smallest absolute Gasteiger partial charge is 0.254 e. The fourth-order valence-corrected chi connectivity index (χ4v) is 1.54. The SMILES string of the molecule is CCN(CC)C(=O)c1cccc(O)c1C=O. The summed E-state index contributed by atoms with van der Waals surface area (Å²) in [4.78, 5) is 24.4. The number of phenolic OH excluding ortho intramolecular Hbond substituents is 1. The number of phenols is 1. The molecule has 0 aliphatic heterocycles. The molecule has 0 fully saturated rings. The number of rotatable bonds is 4. The Morgan fingerprint density at radius 2 is 2.00 bits per heavy atom. The summed E-state index contributed by atoms with van der Waals surface area (Å²) in [6.45, 7) is 4.88. The molecular formula is C12H15NO3. The van der Waals surface area contributed by atoms with E-state index in [4.69, 9.17) is 0 Å². The fraction of sp³-hybridized carbons (Fsp3) is 0.333. The van der Waals surface area contributed by atoms with Gasteiger partial charge in [0.25, 0.3) is 5.91 Å². The Labute approximate surface area is 94.5 Å². The summed E-state index contributed by atoms with van der Waals surface area (Å²) in [6, 6.07) is 4.49. The topological polar surface area (TPSA) is 57.6 Å². The third kappa shape index (κ3) is 2.21. The third-order valence-electron chi connectivity index (χ3n) is 2.48. The van der Waals surface area contributed by atoms with E-state index in [0.717, 1.165) is 0 Å². The van der Waals surface area contributed by atoms with Gasteiger partial charge in [-0.05, 0) is 26.0 Å². The zero-order chi connectivity index (χ0) is 12.1. The van der Waals surface area contributed by atoms with Crippen molar-refractivity contribution in [1.29, 1.82) is 0 Å². The van der Waals surface area contributed by atoms with Gasteiger partial charge < -0.3 is 10.0 Å². The second kappa shape index (κ2) is 5.30. The molecule has 0 aromatic heterocycles. The maximum atomic E-state index is 12.0. The van der Waals surface area contributed by atoms with Gasteiger partial charge in [0.05, 0.1) is 11.1 Å². The summed E-state index contributed by atoms with van der Waals surface area (Å²) in [6.07, 6.45) is 0.506. The van der Waals surface area contributed by atoms with Gasteiger partial charge in [-0.25, -0.2) is 0 Å². The first-order valence-electron chi connectivity index (χ1n) is 5.22. The van der Waals surface area contributed by atoms with Crippen LogP contribution < -0.4 is 0 Å². The minimum atomic E-state index is -0.233. The molecule has 16 heavy (non-hydrogen) atoms. The first kappa shape index (κ1) is 12.2. The van der Waals surface area contributed by atoms with Crippen LogP contribution in [0.2, 0.25) is 0 Å². The van der Waals surface area contributed by atoms with Gasteiger partial charge in [-0.1, -0.05) is 6.07 Å². The van der Waals surface area contributed by atoms with E-state index in [2.05, 4.69) is 0 Å². The molecule has 4 nitrogen and oxygen atoms in total. The molecule has 1 aromatic carbocycles. The van der Waals surface area contributed by atoms with Crippen molar-refractivity contribution in [1.82, 2.24) is 4.90 Å². The number of carbonyl (C=O) groups is 2. The second-order valence-corrected chi connectivity index (χ2v) is 3.33. The number of hydrogen-bond acceptors (Lipinski definition) is 3. The van der Waals surface area contributed by atoms with Crippen LogP contribution in [0.4, 0.5) is 0 Å². The number of hydrogen-bond donors (Lipinski definition) is 1. The molecule has 0 bridgehead atoms. The van der Waals surface area contributed by atoms with E-state index >= 15 is 0 Å². The summed E-state index contributed by atoms with van der Waals surface area (Å²) in [7, 11) is 0. The molecule has 1 amide bonds. The highest BCUT2D eigenvalue weighted by Crippen LogP contribution is 2.20. The molecule has 0 unspecified atom stereocenters. The van der Waals surface area contributed by atoms with E-state index < -0.39 is 0 Å². The van der Waals surface area contributed by atoms with Crippen LogP contribution in [-0.2, 0) is 0 Å². The lowest BCUT2D eigenvalue weighted by atomic mass is 10.1. The minimum absolute atomic E-state index is 0.0550. The Morgan fingerprint density at radius 1 is 1.38 bits per heavy atom. The van der Waals surface area contributed by atoms with Gasteiger partial charge in [0.1, 0.15) is 5.75 Å². The van der Waals surface area contributed by atoms with Crippen LogP contribution in [0.3, 0.4) is 0 Å². The van der Waals surface area contributed by atoms with Gasteiger partial charge in [0.2, 0.25) is 0 Å². The van der Waals surface area contributed by atoms with Gasteiger partial charge in [-0.15, -0.1) is 0 Å². The van der Waals surface area contributed by atoms with E-state index in [-0.39, 0.29) is 22.8 Å². The zero-order valence-electron chi connectivity index (χ0n) is 9.43. The van der Waals surface area contributed by atoms with E-state index in [1.54, 1.807) is 17.0 Å². The minimum Gasteiger partial charge on any atom is -0.507 e. The summed E-state index contributed by atoms with van der Waals surface area (Å²) in [5, 5.41) is 9.47. The highest BCUT2D eigenvalue weighted by Gasteiger charge is 2.17. The molecule has 0 aliphatic carbocycles. The average molecular weight is 221 g/mol. The average Bonchev–Trinajstić information content (AvgIpc) is 2.30. The molecule has 1 aromatic rings. The van der Waals surface area contributed by atoms with Crippen molar-refractivity contribution >= 4 is 12.2 Å². The van der Waals surface area contributed by atoms with Crippen LogP contribution in [0, 0.1) is 0 Å². The number of nitrogens with zero attached hydrogens (tertiary/aromatic N) is 1. The van der Waals surface area contributed by atoms with Crippen molar-refractivity contribution in [3.05, 3.63) is 29.3 Å². The first-order valence-corrected chi connectivity index (χ1v) is 5.22. The molecule has 4 heteroatoms. The van der Waals surface area contributed by atoms with Gasteiger partial charge in [0, 0.05) is 13.1 Å². The first-order chi connectivity index (χ1) is 7.65. The van der Waals surface area contributed by atoms with Crippen LogP contribution in [0.25, 0.3) is 0 Å². The standard InChI is InChI=1S/C12H15NO3/c1-3-13(4-2)12(16)9-6-5-7-11(15)10(9)8-14/h5-8,15H,3-4H2,1-2H3. The summed E-state index contributed by atoms with van der Waals surface area (Å²) in [5.74, 6) is -0.393. The molecule has 1 rings (SSSR count). The Balaban J connectivity index is 3.17. The van der Waals surface area contributed by atoms with Crippen LogP contribution in [-0.4, -0.2) is 35.3 Å². The third-order valence-corrected chi connectivity index (χ3v) is 2.48. The number of aldehydes is 1. The normalized spacial score (nSPS) is 9.88. The molecular weight excluding hydrogens is 206 g/mol. The molecule has 0 aliphatic rings. The van der Waals surface area contributed by atoms with Gasteiger partial charge >= 0.3 is 0 Å². The summed E-state index contributed by atoms with van der Waals surface area (Å²) >= 11 is 0. The van der Waals surface area contributed by atoms with Crippen molar-refractivity contribution in [2.45, 2.75) is 13.8 Å². The molecule has 0 saturated carbocycles. The Kier molecular flexibility index (Phi) is 4.05. The number of carbonyl (C=O) groups excluding carboxylic acids is 2. The Bertz CT molecular complexity index is 397. The Morgan fingerprint density at radius 3 is 2.50 bits per heavy atom. The summed E-state index contributed by atoms with van der Waals surface area (Å²) in [5.41, 5.74) is 0.304. The van der Waals surface area contributed by atoms with Crippen LogP contribution in [0.5, 0.6) is 5.75 Å². The number of benzene rings is 1. The van der Waals surface area contributed by atoms with Gasteiger partial charge in [0.15, 0.2) is 6.29 Å². The predicted octanol–water partition coefficient (Wildman–Crippen LogP) is 1.69. The number of aromatic hydroxyl groups is 1. The highest BCUT2D eigenvalue weighted by atomic mass is 16.3. The molecule has 1 N–H and O–H groups in total. The van der Waals surface area contributed by atoms with Crippen molar-refractivity contribution in [3.63, 3.8) is 0 Å². The fourth-order valence-electron chi connectivity index (χ4n) is 1.54. The second-order valence-electron chi connectivity index (χ2n) is 3.33. The predicted molar refractivity (Wildman–Crippen MR) is 60.7 cm³/mol. The lowest BCUT2D eigenvalue weighted by Crippen LogP contribution is -2.31. The van der Waals surface area contributed by atoms with Crippen molar-refractivity contribution in [3.8, 4) is 5.75 Å². The molecule has 0 atom stereocenters. The van der Waals surface area contributed by atoms with Crippen LogP contribution >= 0.6 is 0 Å².